The van der Waals surface area contributed by atoms with Crippen molar-refractivity contribution < 1.29 is 14.3 Å². The molecule has 18 heavy (non-hydrogen) atoms. The van der Waals surface area contributed by atoms with Crippen LogP contribution in [0.2, 0.25) is 0 Å². The Kier molecular flexibility index (Phi) is 2.91. The smallest absolute Gasteiger partial charge is 0.290 e. The molecule has 1 N–H and O–H groups in total. The second kappa shape index (κ2) is 4.44. The monoisotopic (exact) mass is 325 g/mol. The molecule has 1 aromatic carbocycles. The molecule has 1 fully saturated rings. The van der Waals surface area contributed by atoms with E-state index in [0.29, 0.717) is 11.5 Å². The van der Waals surface area contributed by atoms with Crippen molar-refractivity contribution in [3.05, 3.63) is 32.6 Å². The summed E-state index contributed by atoms with van der Waals surface area (Å²) in [5, 5.41) is 1.90. The van der Waals surface area contributed by atoms with Crippen LogP contribution in [0.25, 0.3) is 6.08 Å². The molecule has 2 heterocycles. The van der Waals surface area contributed by atoms with E-state index in [9.17, 15) is 9.59 Å². The van der Waals surface area contributed by atoms with Gasteiger partial charge in [0.25, 0.3) is 11.1 Å². The van der Waals surface area contributed by atoms with Gasteiger partial charge in [-0.15, -0.1) is 0 Å². The van der Waals surface area contributed by atoms with E-state index in [0.717, 1.165) is 39.5 Å². The van der Waals surface area contributed by atoms with Crippen LogP contribution in [-0.2, 0) is 11.2 Å². The third-order valence-electron chi connectivity index (χ3n) is 2.71. The standard InChI is InChI=1S/C12H8BrNO3S/c13-8-3-6-1-2-17-10(6)7(4-8)5-9-11(15)14-12(16)18-9/h3-5H,1-2H2,(H,14,15,16)/b9-5-. The fourth-order valence-corrected chi connectivity index (χ4v) is 3.16. The van der Waals surface area contributed by atoms with Gasteiger partial charge in [0.2, 0.25) is 0 Å². The zero-order valence-corrected chi connectivity index (χ0v) is 11.6. The van der Waals surface area contributed by atoms with Crippen LogP contribution in [0.15, 0.2) is 21.5 Å². The molecule has 0 bridgehead atoms. The molecule has 2 aliphatic heterocycles. The van der Waals surface area contributed by atoms with Crippen LogP contribution in [0.1, 0.15) is 11.1 Å². The summed E-state index contributed by atoms with van der Waals surface area (Å²) in [7, 11) is 0. The van der Waals surface area contributed by atoms with Crippen LogP contribution in [0, 0.1) is 0 Å². The summed E-state index contributed by atoms with van der Waals surface area (Å²) in [6.45, 7) is 0.653. The number of halogens is 1. The van der Waals surface area contributed by atoms with Crippen molar-refractivity contribution in [3.63, 3.8) is 0 Å². The molecule has 0 aliphatic carbocycles. The van der Waals surface area contributed by atoms with E-state index in [-0.39, 0.29) is 11.1 Å². The van der Waals surface area contributed by atoms with Gasteiger partial charge in [-0.05, 0) is 35.5 Å². The molecule has 4 nitrogen and oxygen atoms in total. The van der Waals surface area contributed by atoms with Gasteiger partial charge in [0.1, 0.15) is 5.75 Å². The maximum atomic E-state index is 11.5. The third kappa shape index (κ3) is 2.06. The van der Waals surface area contributed by atoms with Crippen LogP contribution in [-0.4, -0.2) is 17.8 Å². The van der Waals surface area contributed by atoms with Gasteiger partial charge in [-0.25, -0.2) is 0 Å². The summed E-state index contributed by atoms with van der Waals surface area (Å²) in [6.07, 6.45) is 2.56. The lowest BCUT2D eigenvalue weighted by molar-refractivity contribution is -0.115. The third-order valence-corrected chi connectivity index (χ3v) is 3.97. The topological polar surface area (TPSA) is 55.4 Å². The molecule has 0 saturated carbocycles. The lowest BCUT2D eigenvalue weighted by Gasteiger charge is -2.05. The zero-order valence-electron chi connectivity index (χ0n) is 9.16. The maximum absolute atomic E-state index is 11.5. The summed E-state index contributed by atoms with van der Waals surface area (Å²) < 4.78 is 6.50. The van der Waals surface area contributed by atoms with Crippen molar-refractivity contribution in [1.29, 1.82) is 0 Å². The predicted molar refractivity (Wildman–Crippen MR) is 72.4 cm³/mol. The van der Waals surface area contributed by atoms with E-state index >= 15 is 0 Å². The van der Waals surface area contributed by atoms with Gasteiger partial charge in [-0.2, -0.15) is 0 Å². The average molecular weight is 326 g/mol. The summed E-state index contributed by atoms with van der Waals surface area (Å²) in [6, 6.07) is 3.89. The van der Waals surface area contributed by atoms with Crippen LogP contribution in [0.5, 0.6) is 5.75 Å². The van der Waals surface area contributed by atoms with Crippen molar-refractivity contribution in [2.75, 3.05) is 6.61 Å². The van der Waals surface area contributed by atoms with Crippen LogP contribution < -0.4 is 10.1 Å². The van der Waals surface area contributed by atoms with Crippen LogP contribution in [0.4, 0.5) is 4.79 Å². The SMILES string of the molecule is O=C1NC(=O)/C(=C/c2cc(Br)cc3c2OCC3)S1. The minimum absolute atomic E-state index is 0.334. The Bertz CT molecular complexity index is 597. The van der Waals surface area contributed by atoms with Crippen molar-refractivity contribution in [3.8, 4) is 5.75 Å². The fourth-order valence-electron chi connectivity index (χ4n) is 1.97. The van der Waals surface area contributed by atoms with E-state index in [1.165, 1.54) is 0 Å². The van der Waals surface area contributed by atoms with Gasteiger partial charge in [-0.3, -0.25) is 14.9 Å². The number of nitrogens with one attached hydrogen (secondary N) is 1. The summed E-state index contributed by atoms with van der Waals surface area (Å²) in [5.41, 5.74) is 1.94. The number of imide groups is 1. The predicted octanol–water partition coefficient (Wildman–Crippen LogP) is 2.71. The molecule has 2 amide bonds. The van der Waals surface area contributed by atoms with Crippen LogP contribution in [0.3, 0.4) is 0 Å². The lowest BCUT2D eigenvalue weighted by atomic mass is 10.1. The van der Waals surface area contributed by atoms with Crippen LogP contribution >= 0.6 is 27.7 Å². The number of benzene rings is 1. The van der Waals surface area contributed by atoms with E-state index in [4.69, 9.17) is 4.74 Å². The molecule has 1 aromatic rings. The van der Waals surface area contributed by atoms with E-state index in [1.807, 2.05) is 12.1 Å². The first-order valence-corrected chi connectivity index (χ1v) is 6.94. The first-order chi connectivity index (χ1) is 8.63. The number of hydrogen-bond donors (Lipinski definition) is 1. The highest BCUT2D eigenvalue weighted by Crippen LogP contribution is 2.36. The van der Waals surface area contributed by atoms with E-state index < -0.39 is 0 Å². The Balaban J connectivity index is 2.06. The normalized spacial score (nSPS) is 19.9. The molecule has 6 heteroatoms. The summed E-state index contributed by atoms with van der Waals surface area (Å²) in [5.74, 6) is 0.454. The Morgan fingerprint density at radius 2 is 2.22 bits per heavy atom. The fraction of sp³-hybridized carbons (Fsp3) is 0.167. The number of amides is 2. The van der Waals surface area contributed by atoms with Crippen molar-refractivity contribution in [1.82, 2.24) is 5.32 Å². The minimum atomic E-state index is -0.350. The molecule has 0 radical (unpaired) electrons. The molecule has 1 saturated heterocycles. The Morgan fingerprint density at radius 1 is 1.39 bits per heavy atom. The molecular weight excluding hydrogens is 318 g/mol. The van der Waals surface area contributed by atoms with E-state index in [1.54, 1.807) is 6.08 Å². The first-order valence-electron chi connectivity index (χ1n) is 5.33. The van der Waals surface area contributed by atoms with Gasteiger partial charge >= 0.3 is 0 Å². The molecule has 92 valence electrons. The second-order valence-corrected chi connectivity index (χ2v) is 5.86. The number of carbonyl (C=O) groups is 2. The summed E-state index contributed by atoms with van der Waals surface area (Å²) in [4.78, 5) is 23.0. The number of rotatable bonds is 1. The van der Waals surface area contributed by atoms with Crippen molar-refractivity contribution in [2.45, 2.75) is 6.42 Å². The Morgan fingerprint density at radius 3 is 2.94 bits per heavy atom. The molecule has 2 aliphatic rings. The largest absolute Gasteiger partial charge is 0.492 e. The van der Waals surface area contributed by atoms with Gasteiger partial charge in [-0.1, -0.05) is 15.9 Å². The number of hydrogen-bond acceptors (Lipinski definition) is 4. The number of ether oxygens (including phenoxy) is 1. The molecular formula is C12H8BrNO3S. The lowest BCUT2D eigenvalue weighted by Crippen LogP contribution is -2.17. The highest BCUT2D eigenvalue weighted by molar-refractivity contribution is 9.10. The Labute approximate surface area is 116 Å². The van der Waals surface area contributed by atoms with Gasteiger partial charge in [0.05, 0.1) is 11.5 Å². The molecule has 0 atom stereocenters. The number of fused-ring (bicyclic) bond motifs is 1. The number of thioether (sulfide) groups is 1. The number of carbonyl (C=O) groups excluding carboxylic acids is 2. The quantitative estimate of drug-likeness (QED) is 0.806. The molecule has 0 aromatic heterocycles. The molecule has 3 rings (SSSR count). The second-order valence-electron chi connectivity index (χ2n) is 3.93. The Hall–Kier alpha value is -1.27. The highest BCUT2D eigenvalue weighted by Gasteiger charge is 2.26. The van der Waals surface area contributed by atoms with Gasteiger partial charge in [0.15, 0.2) is 0 Å². The zero-order chi connectivity index (χ0) is 12.7. The average Bonchev–Trinajstić information content (AvgIpc) is 2.86. The van der Waals surface area contributed by atoms with E-state index in [2.05, 4.69) is 21.2 Å². The minimum Gasteiger partial charge on any atom is -0.492 e. The maximum Gasteiger partial charge on any atom is 0.290 e. The van der Waals surface area contributed by atoms with Gasteiger partial charge in [0, 0.05) is 16.5 Å². The highest BCUT2D eigenvalue weighted by atomic mass is 79.9. The van der Waals surface area contributed by atoms with Gasteiger partial charge < -0.3 is 4.74 Å². The first kappa shape index (κ1) is 11.8. The van der Waals surface area contributed by atoms with Crippen molar-refractivity contribution >= 4 is 44.9 Å². The van der Waals surface area contributed by atoms with Crippen molar-refractivity contribution in [2.24, 2.45) is 0 Å². The molecule has 0 unspecified atom stereocenters. The summed E-state index contributed by atoms with van der Waals surface area (Å²) >= 11 is 4.34. The molecule has 0 spiro atoms.